The van der Waals surface area contributed by atoms with E-state index in [1.165, 1.54) is 29.8 Å². The van der Waals surface area contributed by atoms with Crippen LogP contribution in [0.15, 0.2) is 62.8 Å². The molecule has 3 heterocycles. The molecule has 3 aromatic rings. The Kier molecular flexibility index (Phi) is 4.87. The summed E-state index contributed by atoms with van der Waals surface area (Å²) in [7, 11) is 1.34. The molecule has 142 valence electrons. The molecule has 0 spiro atoms. The van der Waals surface area contributed by atoms with E-state index >= 15 is 0 Å². The molecule has 4 rings (SSSR count). The van der Waals surface area contributed by atoms with Crippen molar-refractivity contribution in [2.45, 2.75) is 19.9 Å². The Balaban J connectivity index is 1.96. The van der Waals surface area contributed by atoms with E-state index in [9.17, 15) is 9.59 Å². The van der Waals surface area contributed by atoms with E-state index in [4.69, 9.17) is 4.74 Å². The minimum Gasteiger partial charge on any atom is -0.466 e. The lowest BCUT2D eigenvalue weighted by molar-refractivity contribution is -0.136. The van der Waals surface area contributed by atoms with Crippen LogP contribution >= 0.6 is 22.7 Å². The van der Waals surface area contributed by atoms with Crippen LogP contribution in [0, 0.1) is 6.92 Å². The molecule has 2 aromatic heterocycles. The van der Waals surface area contributed by atoms with Gasteiger partial charge in [-0.15, -0.1) is 11.3 Å². The summed E-state index contributed by atoms with van der Waals surface area (Å²) < 4.78 is 7.18. The minimum atomic E-state index is -0.524. The predicted octanol–water partition coefficient (Wildman–Crippen LogP) is 2.78. The molecule has 1 aliphatic heterocycles. The number of thiophene rings is 1. The highest BCUT2D eigenvalue weighted by molar-refractivity contribution is 7.10. The quantitative estimate of drug-likeness (QED) is 0.624. The number of aryl methyl sites for hydroxylation is 1. The number of carbonyl (C=O) groups is 1. The molecule has 0 saturated heterocycles. The summed E-state index contributed by atoms with van der Waals surface area (Å²) in [5.41, 5.74) is 2.94. The molecule has 1 aromatic carbocycles. The SMILES string of the molecule is COC(=O)C1=C(C)N=c2s/c(=C\c3ccc(C)cc3)c(=O)n2C1c1cccs1. The van der Waals surface area contributed by atoms with Gasteiger partial charge < -0.3 is 4.74 Å². The fourth-order valence-corrected chi connectivity index (χ4v) is 5.09. The van der Waals surface area contributed by atoms with Crippen molar-refractivity contribution < 1.29 is 9.53 Å². The molecular formula is C21H18N2O3S2. The Morgan fingerprint density at radius 1 is 1.21 bits per heavy atom. The molecule has 0 fully saturated rings. The second-order valence-electron chi connectivity index (χ2n) is 6.50. The van der Waals surface area contributed by atoms with Gasteiger partial charge in [-0.1, -0.05) is 47.2 Å². The zero-order valence-electron chi connectivity index (χ0n) is 15.6. The van der Waals surface area contributed by atoms with E-state index < -0.39 is 12.0 Å². The van der Waals surface area contributed by atoms with Gasteiger partial charge in [-0.2, -0.15) is 0 Å². The first-order valence-corrected chi connectivity index (χ1v) is 10.4. The van der Waals surface area contributed by atoms with Gasteiger partial charge in [-0.25, -0.2) is 9.79 Å². The third-order valence-corrected chi connectivity index (χ3v) is 6.52. The summed E-state index contributed by atoms with van der Waals surface area (Å²) in [5, 5.41) is 1.93. The van der Waals surface area contributed by atoms with Crippen molar-refractivity contribution in [2.24, 2.45) is 4.99 Å². The normalized spacial score (nSPS) is 16.7. The molecule has 0 amide bonds. The molecule has 5 nitrogen and oxygen atoms in total. The van der Waals surface area contributed by atoms with Gasteiger partial charge in [0.25, 0.3) is 5.56 Å². The van der Waals surface area contributed by atoms with E-state index in [0.717, 1.165) is 16.0 Å². The number of ether oxygens (including phenoxy) is 1. The standard InChI is InChI=1S/C21H18N2O3S2/c1-12-6-8-14(9-7-12)11-16-19(24)23-18(15-5-4-10-27-15)17(20(25)26-3)13(2)22-21(23)28-16/h4-11,18H,1-3H3/b16-11-. The van der Waals surface area contributed by atoms with Crippen molar-refractivity contribution in [3.63, 3.8) is 0 Å². The Hall–Kier alpha value is -2.77. The summed E-state index contributed by atoms with van der Waals surface area (Å²) in [6, 6.07) is 11.3. The Morgan fingerprint density at radius 2 is 1.96 bits per heavy atom. The molecule has 0 bridgehead atoms. The summed E-state index contributed by atoms with van der Waals surface area (Å²) in [5.74, 6) is -0.465. The average Bonchev–Trinajstić information content (AvgIpc) is 3.31. The Labute approximate surface area is 169 Å². The molecular weight excluding hydrogens is 392 g/mol. The van der Waals surface area contributed by atoms with Crippen molar-refractivity contribution in [3.8, 4) is 0 Å². The van der Waals surface area contributed by atoms with E-state index in [1.54, 1.807) is 11.5 Å². The summed E-state index contributed by atoms with van der Waals surface area (Å²) in [4.78, 5) is 31.8. The van der Waals surface area contributed by atoms with Gasteiger partial charge in [0.15, 0.2) is 4.80 Å². The molecule has 7 heteroatoms. The minimum absolute atomic E-state index is 0.156. The molecule has 0 N–H and O–H groups in total. The van der Waals surface area contributed by atoms with Gasteiger partial charge in [-0.3, -0.25) is 9.36 Å². The number of methoxy groups -OCH3 is 1. The number of carbonyl (C=O) groups excluding carboxylic acids is 1. The number of fused-ring (bicyclic) bond motifs is 1. The monoisotopic (exact) mass is 410 g/mol. The molecule has 28 heavy (non-hydrogen) atoms. The maximum atomic E-state index is 13.3. The van der Waals surface area contributed by atoms with Gasteiger partial charge in [0.05, 0.1) is 22.9 Å². The zero-order chi connectivity index (χ0) is 19.8. The van der Waals surface area contributed by atoms with Gasteiger partial charge in [0.2, 0.25) is 0 Å². The van der Waals surface area contributed by atoms with Crippen LogP contribution in [0.2, 0.25) is 0 Å². The van der Waals surface area contributed by atoms with Crippen LogP contribution in [0.3, 0.4) is 0 Å². The third kappa shape index (κ3) is 3.16. The van der Waals surface area contributed by atoms with Crippen LogP contribution in [0.1, 0.15) is 29.0 Å². The second-order valence-corrected chi connectivity index (χ2v) is 8.49. The lowest BCUT2D eigenvalue weighted by Gasteiger charge is -2.22. The highest BCUT2D eigenvalue weighted by Gasteiger charge is 2.33. The third-order valence-electron chi connectivity index (χ3n) is 4.61. The molecule has 0 radical (unpaired) electrons. The summed E-state index contributed by atoms with van der Waals surface area (Å²) in [6.45, 7) is 3.81. The average molecular weight is 411 g/mol. The van der Waals surface area contributed by atoms with Crippen LogP contribution in [0.4, 0.5) is 0 Å². The fraction of sp³-hybridized carbons (Fsp3) is 0.190. The summed E-state index contributed by atoms with van der Waals surface area (Å²) in [6.07, 6.45) is 1.87. The lowest BCUT2D eigenvalue weighted by atomic mass is 10.0. The van der Waals surface area contributed by atoms with Crippen LogP contribution in [-0.2, 0) is 9.53 Å². The first kappa shape index (κ1) is 18.6. The number of hydrogen-bond donors (Lipinski definition) is 0. The summed E-state index contributed by atoms with van der Waals surface area (Å²) >= 11 is 2.84. The van der Waals surface area contributed by atoms with Crippen molar-refractivity contribution in [2.75, 3.05) is 7.11 Å². The Morgan fingerprint density at radius 3 is 2.61 bits per heavy atom. The predicted molar refractivity (Wildman–Crippen MR) is 111 cm³/mol. The maximum Gasteiger partial charge on any atom is 0.338 e. The smallest absolute Gasteiger partial charge is 0.338 e. The first-order valence-electron chi connectivity index (χ1n) is 8.70. The highest BCUT2D eigenvalue weighted by atomic mass is 32.1. The van der Waals surface area contributed by atoms with Crippen LogP contribution in [-0.4, -0.2) is 17.6 Å². The van der Waals surface area contributed by atoms with Gasteiger partial charge in [0, 0.05) is 4.88 Å². The van der Waals surface area contributed by atoms with Gasteiger partial charge >= 0.3 is 5.97 Å². The topological polar surface area (TPSA) is 60.7 Å². The molecule has 0 saturated carbocycles. The maximum absolute atomic E-state index is 13.3. The van der Waals surface area contributed by atoms with E-state index in [-0.39, 0.29) is 5.56 Å². The molecule has 1 unspecified atom stereocenters. The number of allylic oxidation sites excluding steroid dienone is 1. The second kappa shape index (κ2) is 7.33. The van der Waals surface area contributed by atoms with E-state index in [2.05, 4.69) is 4.99 Å². The first-order chi connectivity index (χ1) is 13.5. The number of thiazole rings is 1. The molecule has 1 atom stereocenters. The Bertz CT molecular complexity index is 1250. The van der Waals surface area contributed by atoms with E-state index in [0.29, 0.717) is 20.6 Å². The fourth-order valence-electron chi connectivity index (χ4n) is 3.22. The number of rotatable bonds is 3. The van der Waals surface area contributed by atoms with E-state index in [1.807, 2.05) is 54.8 Å². The highest BCUT2D eigenvalue weighted by Crippen LogP contribution is 2.32. The number of hydrogen-bond acceptors (Lipinski definition) is 6. The number of benzene rings is 1. The van der Waals surface area contributed by atoms with Gasteiger partial charge in [0.1, 0.15) is 6.04 Å². The van der Waals surface area contributed by atoms with Crippen molar-refractivity contribution in [1.29, 1.82) is 0 Å². The molecule has 0 aliphatic carbocycles. The molecule has 1 aliphatic rings. The van der Waals surface area contributed by atoms with Gasteiger partial charge in [-0.05, 0) is 36.9 Å². The zero-order valence-corrected chi connectivity index (χ0v) is 17.3. The number of esters is 1. The van der Waals surface area contributed by atoms with Crippen molar-refractivity contribution in [1.82, 2.24) is 4.57 Å². The largest absolute Gasteiger partial charge is 0.466 e. The number of nitrogens with zero attached hydrogens (tertiary/aromatic N) is 2. The van der Waals surface area contributed by atoms with Crippen LogP contribution in [0.25, 0.3) is 6.08 Å². The van der Waals surface area contributed by atoms with Crippen molar-refractivity contribution >= 4 is 34.7 Å². The number of aromatic nitrogens is 1. The lowest BCUT2D eigenvalue weighted by Crippen LogP contribution is -2.39. The van der Waals surface area contributed by atoms with Crippen molar-refractivity contribution in [3.05, 3.63) is 88.7 Å². The van der Waals surface area contributed by atoms with Crippen LogP contribution < -0.4 is 14.9 Å². The van der Waals surface area contributed by atoms with Crippen LogP contribution in [0.5, 0.6) is 0 Å².